The number of rotatable bonds is 3. The van der Waals surface area contributed by atoms with Gasteiger partial charge in [0.2, 0.25) is 5.91 Å². The summed E-state index contributed by atoms with van der Waals surface area (Å²) in [7, 11) is 0. The number of anilines is 1. The smallest absolute Gasteiger partial charge is 0.320 e. The first-order valence-corrected chi connectivity index (χ1v) is 9.15. The van der Waals surface area contributed by atoms with Gasteiger partial charge in [-0.1, -0.05) is 12.1 Å². The second-order valence-electron chi connectivity index (χ2n) is 6.96. The van der Waals surface area contributed by atoms with Gasteiger partial charge in [-0.15, -0.1) is 5.10 Å². The van der Waals surface area contributed by atoms with Crippen LogP contribution in [0.3, 0.4) is 0 Å². The van der Waals surface area contributed by atoms with Gasteiger partial charge >= 0.3 is 12.2 Å². The summed E-state index contributed by atoms with van der Waals surface area (Å²) in [5, 5.41) is 6.54. The van der Waals surface area contributed by atoms with Crippen molar-refractivity contribution in [1.29, 1.82) is 0 Å². The molecule has 1 aliphatic heterocycles. The number of nitrogens with zero attached hydrogens (tertiary/aromatic N) is 4. The highest BCUT2D eigenvalue weighted by atomic mass is 19.4. The highest BCUT2D eigenvalue weighted by Gasteiger charge is 2.33. The zero-order chi connectivity index (χ0) is 21.2. The summed E-state index contributed by atoms with van der Waals surface area (Å²) in [6, 6.07) is 5.45. The number of hydrogen-bond donors (Lipinski definition) is 1. The first kappa shape index (κ1) is 20.8. The van der Waals surface area contributed by atoms with Gasteiger partial charge in [-0.25, -0.2) is 4.79 Å². The van der Waals surface area contributed by atoms with E-state index in [1.807, 2.05) is 4.90 Å². The number of hydrogen-bond acceptors (Lipinski definition) is 4. The van der Waals surface area contributed by atoms with Crippen LogP contribution in [0.15, 0.2) is 30.5 Å². The molecule has 1 aromatic heterocycles. The molecule has 2 heterocycles. The number of carbonyl (C=O) groups is 2. The highest BCUT2D eigenvalue weighted by molar-refractivity contribution is 5.87. The molecule has 0 spiro atoms. The fraction of sp³-hybridized carbons (Fsp3) is 0.421. The largest absolute Gasteiger partial charge is 0.416 e. The fourth-order valence-electron chi connectivity index (χ4n) is 3.32. The number of halogens is 3. The van der Waals surface area contributed by atoms with Crippen LogP contribution in [0.1, 0.15) is 23.6 Å². The third-order valence-electron chi connectivity index (χ3n) is 4.88. The Hall–Kier alpha value is -2.88. The van der Waals surface area contributed by atoms with Crippen LogP contribution in [0.25, 0.3) is 0 Å². The molecule has 3 rings (SSSR count). The van der Waals surface area contributed by atoms with Crippen LogP contribution in [0, 0.1) is 6.92 Å². The van der Waals surface area contributed by atoms with Crippen molar-refractivity contribution in [1.82, 2.24) is 19.6 Å². The molecule has 0 aliphatic carbocycles. The molecule has 0 saturated carbocycles. The van der Waals surface area contributed by atoms with Gasteiger partial charge < -0.3 is 10.2 Å². The molecule has 29 heavy (non-hydrogen) atoms. The second-order valence-corrected chi connectivity index (χ2v) is 6.96. The number of nitrogens with one attached hydrogen (secondary N) is 1. The van der Waals surface area contributed by atoms with Gasteiger partial charge in [-0.2, -0.15) is 17.9 Å². The molecule has 0 bridgehead atoms. The first-order chi connectivity index (χ1) is 13.6. The van der Waals surface area contributed by atoms with E-state index >= 15 is 0 Å². The molecule has 1 aliphatic rings. The Balaban J connectivity index is 1.59. The fourth-order valence-corrected chi connectivity index (χ4v) is 3.32. The third kappa shape index (κ3) is 4.94. The molecule has 1 saturated heterocycles. The van der Waals surface area contributed by atoms with E-state index in [-0.39, 0.29) is 17.5 Å². The minimum Gasteiger partial charge on any atom is -0.320 e. The van der Waals surface area contributed by atoms with E-state index < -0.39 is 11.7 Å². The summed E-state index contributed by atoms with van der Waals surface area (Å²) in [5.74, 6) is 0.0192. The van der Waals surface area contributed by atoms with Gasteiger partial charge in [0.1, 0.15) is 0 Å². The van der Waals surface area contributed by atoms with Crippen LogP contribution in [0.5, 0.6) is 0 Å². The lowest BCUT2D eigenvalue weighted by atomic mass is 10.0. The molecule has 1 N–H and O–H groups in total. The lowest BCUT2D eigenvalue weighted by Crippen LogP contribution is -2.49. The van der Waals surface area contributed by atoms with E-state index in [1.165, 1.54) is 32.2 Å². The summed E-state index contributed by atoms with van der Waals surface area (Å²) in [6.45, 7) is 5.20. The summed E-state index contributed by atoms with van der Waals surface area (Å²) in [5.41, 5.74) is 0.254. The van der Waals surface area contributed by atoms with Crippen LogP contribution in [0.4, 0.5) is 23.8 Å². The van der Waals surface area contributed by atoms with E-state index in [4.69, 9.17) is 0 Å². The molecule has 1 aromatic carbocycles. The van der Waals surface area contributed by atoms with Gasteiger partial charge in [0, 0.05) is 51.9 Å². The number of amides is 2. The van der Waals surface area contributed by atoms with Crippen molar-refractivity contribution >= 4 is 17.8 Å². The number of piperazine rings is 1. The Bertz CT molecular complexity index is 901. The molecular weight excluding hydrogens is 387 g/mol. The van der Waals surface area contributed by atoms with Crippen LogP contribution < -0.4 is 5.32 Å². The van der Waals surface area contributed by atoms with Gasteiger partial charge in [0.15, 0.2) is 5.82 Å². The minimum atomic E-state index is -4.37. The molecule has 2 amide bonds. The van der Waals surface area contributed by atoms with E-state index in [0.29, 0.717) is 44.1 Å². The Kier molecular flexibility index (Phi) is 5.92. The van der Waals surface area contributed by atoms with E-state index in [2.05, 4.69) is 10.4 Å². The Morgan fingerprint density at radius 3 is 2.45 bits per heavy atom. The predicted molar refractivity (Wildman–Crippen MR) is 100 cm³/mol. The van der Waals surface area contributed by atoms with Crippen LogP contribution in [0.2, 0.25) is 0 Å². The second kappa shape index (κ2) is 8.24. The lowest BCUT2D eigenvalue weighted by molar-refractivity contribution is -0.138. The molecule has 1 fully saturated rings. The Labute approximate surface area is 166 Å². The molecule has 0 atom stereocenters. The summed E-state index contributed by atoms with van der Waals surface area (Å²) in [4.78, 5) is 27.3. The number of benzene rings is 1. The zero-order valence-corrected chi connectivity index (χ0v) is 16.2. The van der Waals surface area contributed by atoms with Crippen molar-refractivity contribution in [2.24, 2.45) is 0 Å². The lowest BCUT2D eigenvalue weighted by Gasteiger charge is -2.34. The van der Waals surface area contributed by atoms with Gasteiger partial charge in [0.05, 0.1) is 5.56 Å². The maximum Gasteiger partial charge on any atom is 0.416 e. The standard InChI is InChI=1S/C19H22F3N5O2/c1-13-15(4-3-5-16(13)19(20,21)22)12-25-8-10-26(11-9-25)18(29)27-7-6-17(24-27)23-14(2)28/h3-7H,8-12H2,1-2H3,(H,23,24,28). The molecule has 10 heteroatoms. The van der Waals surface area contributed by atoms with Crippen molar-refractivity contribution in [2.45, 2.75) is 26.6 Å². The normalized spacial score (nSPS) is 15.4. The van der Waals surface area contributed by atoms with Crippen LogP contribution in [-0.2, 0) is 17.5 Å². The quantitative estimate of drug-likeness (QED) is 0.846. The first-order valence-electron chi connectivity index (χ1n) is 9.15. The van der Waals surface area contributed by atoms with Crippen molar-refractivity contribution in [2.75, 3.05) is 31.5 Å². The van der Waals surface area contributed by atoms with Crippen molar-refractivity contribution in [3.05, 3.63) is 47.2 Å². The van der Waals surface area contributed by atoms with Crippen LogP contribution in [-0.4, -0.2) is 57.7 Å². The molecule has 7 nitrogen and oxygen atoms in total. The number of carbonyl (C=O) groups excluding carboxylic acids is 2. The average Bonchev–Trinajstić information content (AvgIpc) is 3.10. The van der Waals surface area contributed by atoms with E-state index in [0.717, 1.165) is 10.7 Å². The molecule has 0 radical (unpaired) electrons. The number of aromatic nitrogens is 2. The van der Waals surface area contributed by atoms with Gasteiger partial charge in [-0.3, -0.25) is 9.69 Å². The van der Waals surface area contributed by atoms with Crippen molar-refractivity contribution in [3.63, 3.8) is 0 Å². The molecule has 0 unspecified atom stereocenters. The van der Waals surface area contributed by atoms with Crippen molar-refractivity contribution < 1.29 is 22.8 Å². The molecule has 2 aromatic rings. The van der Waals surface area contributed by atoms with Gasteiger partial charge in [-0.05, 0) is 24.1 Å². The van der Waals surface area contributed by atoms with E-state index in [9.17, 15) is 22.8 Å². The monoisotopic (exact) mass is 409 g/mol. The van der Waals surface area contributed by atoms with Gasteiger partial charge in [0.25, 0.3) is 0 Å². The average molecular weight is 409 g/mol. The number of alkyl halides is 3. The summed E-state index contributed by atoms with van der Waals surface area (Å²) >= 11 is 0. The maximum absolute atomic E-state index is 13.1. The predicted octanol–water partition coefficient (Wildman–Crippen LogP) is 2.95. The molecular formula is C19H22F3N5O2. The third-order valence-corrected chi connectivity index (χ3v) is 4.88. The zero-order valence-electron chi connectivity index (χ0n) is 16.2. The summed E-state index contributed by atoms with van der Waals surface area (Å²) < 4.78 is 40.4. The Morgan fingerprint density at radius 1 is 1.14 bits per heavy atom. The maximum atomic E-state index is 13.1. The highest BCUT2D eigenvalue weighted by Crippen LogP contribution is 2.33. The van der Waals surface area contributed by atoms with Crippen LogP contribution >= 0.6 is 0 Å². The SMILES string of the molecule is CC(=O)Nc1ccn(C(=O)N2CCN(Cc3cccc(C(F)(F)F)c3C)CC2)n1. The minimum absolute atomic E-state index is 0.237. The van der Waals surface area contributed by atoms with E-state index in [1.54, 1.807) is 11.0 Å². The van der Waals surface area contributed by atoms with Crippen molar-refractivity contribution in [3.8, 4) is 0 Å². The topological polar surface area (TPSA) is 70.5 Å². The Morgan fingerprint density at radius 2 is 1.83 bits per heavy atom. The molecule has 156 valence electrons. The summed E-state index contributed by atoms with van der Waals surface area (Å²) in [6.07, 6.45) is -2.89.